The zero-order valence-corrected chi connectivity index (χ0v) is 7.15. The molecule has 0 fully saturated rings. The van der Waals surface area contributed by atoms with Gasteiger partial charge >= 0.3 is 0 Å². The quantitative estimate of drug-likeness (QED) is 0.645. The van der Waals surface area contributed by atoms with Gasteiger partial charge in [0.25, 0.3) is 0 Å². The normalized spacial score (nSPS) is 9.08. The Morgan fingerprint density at radius 1 is 1.58 bits per heavy atom. The molecule has 0 radical (unpaired) electrons. The van der Waals surface area contributed by atoms with Crippen LogP contribution >= 0.6 is 0 Å². The molecule has 1 heterocycles. The highest BCUT2D eigenvalue weighted by atomic mass is 15.2. The highest BCUT2D eigenvalue weighted by molar-refractivity contribution is 5.40. The Bertz CT molecular complexity index is 302. The van der Waals surface area contributed by atoms with Gasteiger partial charge in [0.1, 0.15) is 23.9 Å². The summed E-state index contributed by atoms with van der Waals surface area (Å²) in [7, 11) is 1.92. The van der Waals surface area contributed by atoms with Gasteiger partial charge in [-0.2, -0.15) is 5.26 Å². The van der Waals surface area contributed by atoms with Gasteiger partial charge in [0, 0.05) is 19.7 Å². The molecule has 0 unspecified atom stereocenters. The van der Waals surface area contributed by atoms with E-state index in [4.69, 9.17) is 5.26 Å². The average Bonchev–Trinajstić information content (AvgIpc) is 2.17. The van der Waals surface area contributed by atoms with E-state index >= 15 is 0 Å². The Kier molecular flexibility index (Phi) is 2.59. The van der Waals surface area contributed by atoms with Gasteiger partial charge in [-0.1, -0.05) is 0 Å². The second kappa shape index (κ2) is 3.67. The summed E-state index contributed by atoms with van der Waals surface area (Å²) >= 11 is 0. The third-order valence-corrected chi connectivity index (χ3v) is 1.63. The van der Waals surface area contributed by atoms with Crippen LogP contribution in [0.4, 0.5) is 5.82 Å². The maximum absolute atomic E-state index is 8.56. The number of hydrogen-bond acceptors (Lipinski definition) is 4. The van der Waals surface area contributed by atoms with E-state index in [0.29, 0.717) is 5.69 Å². The maximum Gasteiger partial charge on any atom is 0.145 e. The van der Waals surface area contributed by atoms with Crippen molar-refractivity contribution >= 4 is 5.82 Å². The van der Waals surface area contributed by atoms with Crippen molar-refractivity contribution in [2.75, 3.05) is 18.5 Å². The van der Waals surface area contributed by atoms with Crippen LogP contribution in [0.5, 0.6) is 0 Å². The van der Waals surface area contributed by atoms with Crippen LogP contribution in [0.1, 0.15) is 12.6 Å². The van der Waals surface area contributed by atoms with E-state index < -0.39 is 0 Å². The highest BCUT2D eigenvalue weighted by Gasteiger charge is 2.00. The molecule has 0 atom stereocenters. The monoisotopic (exact) mass is 162 g/mol. The van der Waals surface area contributed by atoms with Crippen molar-refractivity contribution in [3.63, 3.8) is 0 Å². The van der Waals surface area contributed by atoms with Crippen molar-refractivity contribution in [1.29, 1.82) is 5.26 Å². The molecular weight excluding hydrogens is 152 g/mol. The van der Waals surface area contributed by atoms with Crippen molar-refractivity contribution in [3.05, 3.63) is 18.1 Å². The van der Waals surface area contributed by atoms with Gasteiger partial charge in [-0.25, -0.2) is 9.97 Å². The first kappa shape index (κ1) is 8.47. The predicted octanol–water partition coefficient (Wildman–Crippen LogP) is 0.804. The first-order chi connectivity index (χ1) is 5.77. The predicted molar refractivity (Wildman–Crippen MR) is 45.7 cm³/mol. The van der Waals surface area contributed by atoms with Crippen LogP contribution in [-0.2, 0) is 0 Å². The largest absolute Gasteiger partial charge is 0.360 e. The molecule has 0 aliphatic carbocycles. The minimum atomic E-state index is 0.403. The Hall–Kier alpha value is -1.63. The maximum atomic E-state index is 8.56. The highest BCUT2D eigenvalue weighted by Crippen LogP contribution is 2.07. The van der Waals surface area contributed by atoms with Crippen LogP contribution in [0.15, 0.2) is 12.4 Å². The Labute approximate surface area is 71.5 Å². The molecule has 0 aliphatic heterocycles. The van der Waals surface area contributed by atoms with Crippen molar-refractivity contribution in [2.24, 2.45) is 0 Å². The molecule has 4 nitrogen and oxygen atoms in total. The van der Waals surface area contributed by atoms with Crippen LogP contribution in [0.3, 0.4) is 0 Å². The molecule has 0 aromatic carbocycles. The summed E-state index contributed by atoms with van der Waals surface area (Å²) in [4.78, 5) is 9.74. The fraction of sp³-hybridized carbons (Fsp3) is 0.375. The minimum Gasteiger partial charge on any atom is -0.360 e. The number of rotatable bonds is 2. The second-order valence-electron chi connectivity index (χ2n) is 2.39. The van der Waals surface area contributed by atoms with Gasteiger partial charge in [-0.3, -0.25) is 0 Å². The Morgan fingerprint density at radius 3 is 2.92 bits per heavy atom. The Morgan fingerprint density at radius 2 is 2.33 bits per heavy atom. The summed E-state index contributed by atoms with van der Waals surface area (Å²) in [6.45, 7) is 2.88. The van der Waals surface area contributed by atoms with Gasteiger partial charge in [-0.05, 0) is 6.92 Å². The van der Waals surface area contributed by atoms with Gasteiger partial charge in [0.05, 0.1) is 0 Å². The van der Waals surface area contributed by atoms with E-state index in [0.717, 1.165) is 12.4 Å². The topological polar surface area (TPSA) is 52.8 Å². The summed E-state index contributed by atoms with van der Waals surface area (Å²) < 4.78 is 0. The van der Waals surface area contributed by atoms with E-state index in [2.05, 4.69) is 9.97 Å². The zero-order chi connectivity index (χ0) is 8.97. The summed E-state index contributed by atoms with van der Waals surface area (Å²) in [6.07, 6.45) is 1.40. The minimum absolute atomic E-state index is 0.403. The first-order valence-corrected chi connectivity index (χ1v) is 3.71. The van der Waals surface area contributed by atoms with Gasteiger partial charge in [-0.15, -0.1) is 0 Å². The molecular formula is C8H10N4. The molecule has 0 saturated carbocycles. The lowest BCUT2D eigenvalue weighted by Gasteiger charge is -2.14. The first-order valence-electron chi connectivity index (χ1n) is 3.71. The van der Waals surface area contributed by atoms with Crippen molar-refractivity contribution in [3.8, 4) is 6.07 Å². The van der Waals surface area contributed by atoms with E-state index in [1.807, 2.05) is 24.9 Å². The molecule has 0 amide bonds. The van der Waals surface area contributed by atoms with Gasteiger partial charge < -0.3 is 4.90 Å². The lowest BCUT2D eigenvalue weighted by Crippen LogP contribution is -2.17. The number of aromatic nitrogens is 2. The van der Waals surface area contributed by atoms with Gasteiger partial charge in [0.15, 0.2) is 0 Å². The van der Waals surface area contributed by atoms with E-state index in [-0.39, 0.29) is 0 Å². The molecule has 0 aliphatic rings. The van der Waals surface area contributed by atoms with Crippen LogP contribution in [-0.4, -0.2) is 23.6 Å². The molecule has 1 aromatic rings. The van der Waals surface area contributed by atoms with E-state index in [1.165, 1.54) is 6.33 Å². The standard InChI is InChI=1S/C8H10N4/c1-3-12(2)8-4-7(5-9)10-6-11-8/h4,6H,3H2,1-2H3. The molecule has 0 spiro atoms. The molecule has 12 heavy (non-hydrogen) atoms. The molecule has 0 saturated heterocycles. The van der Waals surface area contributed by atoms with Crippen LogP contribution < -0.4 is 4.90 Å². The number of nitriles is 1. The van der Waals surface area contributed by atoms with Crippen LogP contribution in [0.2, 0.25) is 0 Å². The van der Waals surface area contributed by atoms with E-state index in [9.17, 15) is 0 Å². The average molecular weight is 162 g/mol. The Balaban J connectivity index is 2.95. The molecule has 0 N–H and O–H groups in total. The zero-order valence-electron chi connectivity index (χ0n) is 7.15. The fourth-order valence-electron chi connectivity index (χ4n) is 0.779. The van der Waals surface area contributed by atoms with Crippen molar-refractivity contribution < 1.29 is 0 Å². The third kappa shape index (κ3) is 1.70. The second-order valence-corrected chi connectivity index (χ2v) is 2.39. The molecule has 1 aromatic heterocycles. The number of nitrogens with zero attached hydrogens (tertiary/aromatic N) is 4. The van der Waals surface area contributed by atoms with Gasteiger partial charge in [0.2, 0.25) is 0 Å². The molecule has 0 bridgehead atoms. The van der Waals surface area contributed by atoms with E-state index in [1.54, 1.807) is 6.07 Å². The lowest BCUT2D eigenvalue weighted by atomic mass is 10.4. The number of anilines is 1. The van der Waals surface area contributed by atoms with Crippen molar-refractivity contribution in [2.45, 2.75) is 6.92 Å². The molecule has 62 valence electrons. The summed E-state index contributed by atoms with van der Waals surface area (Å²) in [5, 5.41) is 8.56. The SMILES string of the molecule is CCN(C)c1cc(C#N)ncn1. The van der Waals surface area contributed by atoms with Crippen molar-refractivity contribution in [1.82, 2.24) is 9.97 Å². The summed E-state index contributed by atoms with van der Waals surface area (Å²) in [5.74, 6) is 0.782. The van der Waals surface area contributed by atoms with Crippen LogP contribution in [0.25, 0.3) is 0 Å². The summed E-state index contributed by atoms with van der Waals surface area (Å²) in [5.41, 5.74) is 0.403. The molecule has 4 heteroatoms. The summed E-state index contributed by atoms with van der Waals surface area (Å²) in [6, 6.07) is 3.64. The third-order valence-electron chi connectivity index (χ3n) is 1.63. The van der Waals surface area contributed by atoms with Crippen LogP contribution in [0, 0.1) is 11.3 Å². The fourth-order valence-corrected chi connectivity index (χ4v) is 0.779. The number of hydrogen-bond donors (Lipinski definition) is 0. The smallest absolute Gasteiger partial charge is 0.145 e. The lowest BCUT2D eigenvalue weighted by molar-refractivity contribution is 0.926. The molecule has 1 rings (SSSR count).